The minimum Gasteiger partial charge on any atom is -0.386 e. The first kappa shape index (κ1) is 29.6. The molecule has 1 aromatic heterocycles. The fourth-order valence-electron chi connectivity index (χ4n) is 4.78. The van der Waals surface area contributed by atoms with Gasteiger partial charge < -0.3 is 9.67 Å². The zero-order valence-corrected chi connectivity index (χ0v) is 22.9. The Morgan fingerprint density at radius 3 is 2.19 bits per heavy atom. The van der Waals surface area contributed by atoms with Crippen molar-refractivity contribution in [2.75, 3.05) is 0 Å². The molecule has 1 fully saturated rings. The third kappa shape index (κ3) is 6.75. The van der Waals surface area contributed by atoms with Crippen molar-refractivity contribution in [3.63, 3.8) is 0 Å². The standard InChI is InChI=1S/C24H34F3N3O5S2/c1-15-22(36(28,32)33)13-20(30(15)14-17-8-6-5-7-9-17)18-10-11-21(19(12-18)23(3,4)31)37(34,35)29-16(2)24(25,26)27/h10-13,16-17,29,31H,5-9,14H2,1-4H3,(H2,28,32,33). The number of nitrogens with zero attached hydrogens (tertiary/aromatic N) is 1. The summed E-state index contributed by atoms with van der Waals surface area (Å²) in [4.78, 5) is -0.575. The third-order valence-corrected chi connectivity index (χ3v) is 9.46. The van der Waals surface area contributed by atoms with E-state index in [0.717, 1.165) is 38.2 Å². The topological polar surface area (TPSA) is 131 Å². The minimum absolute atomic E-state index is 0.0690. The number of sulfonamides is 2. The molecule has 208 valence electrons. The van der Waals surface area contributed by atoms with E-state index in [4.69, 9.17) is 5.14 Å². The Balaban J connectivity index is 2.17. The van der Waals surface area contributed by atoms with Gasteiger partial charge in [-0.2, -0.15) is 17.9 Å². The second-order valence-electron chi connectivity index (χ2n) is 10.3. The molecule has 0 radical (unpaired) electrons. The fourth-order valence-corrected chi connectivity index (χ4v) is 7.14. The molecule has 0 amide bonds. The van der Waals surface area contributed by atoms with Gasteiger partial charge in [0, 0.05) is 23.5 Å². The van der Waals surface area contributed by atoms with Crippen molar-refractivity contribution in [2.24, 2.45) is 11.1 Å². The summed E-state index contributed by atoms with van der Waals surface area (Å²) in [7, 11) is -8.73. The highest BCUT2D eigenvalue weighted by Crippen LogP contribution is 2.36. The van der Waals surface area contributed by atoms with Crippen molar-refractivity contribution >= 4 is 20.0 Å². The monoisotopic (exact) mass is 565 g/mol. The number of aliphatic hydroxyl groups is 1. The average molecular weight is 566 g/mol. The summed E-state index contributed by atoms with van der Waals surface area (Å²) in [5.41, 5.74) is -0.593. The van der Waals surface area contributed by atoms with E-state index in [1.807, 2.05) is 4.57 Å². The quantitative estimate of drug-likeness (QED) is 0.443. The molecule has 8 nitrogen and oxygen atoms in total. The van der Waals surface area contributed by atoms with Gasteiger partial charge in [0.15, 0.2) is 0 Å². The Labute approximate surface area is 216 Å². The molecule has 1 saturated carbocycles. The summed E-state index contributed by atoms with van der Waals surface area (Å²) in [5, 5.41) is 16.2. The molecule has 4 N–H and O–H groups in total. The maximum Gasteiger partial charge on any atom is 0.404 e. The van der Waals surface area contributed by atoms with E-state index in [1.165, 1.54) is 32.0 Å². The zero-order chi connectivity index (χ0) is 28.0. The molecule has 2 aromatic rings. The van der Waals surface area contributed by atoms with Gasteiger partial charge in [0.25, 0.3) is 0 Å². The molecule has 0 bridgehead atoms. The Kier molecular flexibility index (Phi) is 8.27. The molecule has 37 heavy (non-hydrogen) atoms. The van der Waals surface area contributed by atoms with Crippen LogP contribution in [0.15, 0.2) is 34.1 Å². The van der Waals surface area contributed by atoms with Gasteiger partial charge in [-0.3, -0.25) is 0 Å². The van der Waals surface area contributed by atoms with E-state index in [-0.39, 0.29) is 10.5 Å². The van der Waals surface area contributed by atoms with Gasteiger partial charge in [0.05, 0.1) is 10.5 Å². The molecule has 1 aliphatic rings. The number of nitrogens with two attached hydrogens (primary N) is 1. The van der Waals surface area contributed by atoms with Gasteiger partial charge >= 0.3 is 6.18 Å². The van der Waals surface area contributed by atoms with Crippen LogP contribution in [0.2, 0.25) is 0 Å². The van der Waals surface area contributed by atoms with Crippen molar-refractivity contribution in [1.82, 2.24) is 9.29 Å². The number of halogens is 3. The highest BCUT2D eigenvalue weighted by atomic mass is 32.2. The minimum atomic E-state index is -4.80. The molecular weight excluding hydrogens is 531 g/mol. The average Bonchev–Trinajstić information content (AvgIpc) is 3.09. The van der Waals surface area contributed by atoms with Crippen molar-refractivity contribution in [3.8, 4) is 11.3 Å². The Morgan fingerprint density at radius 1 is 1.08 bits per heavy atom. The van der Waals surface area contributed by atoms with Crippen LogP contribution in [0.4, 0.5) is 13.2 Å². The lowest BCUT2D eigenvalue weighted by atomic mass is 9.89. The normalized spacial score (nSPS) is 17.2. The Morgan fingerprint density at radius 2 is 1.68 bits per heavy atom. The molecule has 0 spiro atoms. The lowest BCUT2D eigenvalue weighted by Gasteiger charge is -2.26. The number of hydrogen-bond donors (Lipinski definition) is 3. The van der Waals surface area contributed by atoms with E-state index < -0.39 is 42.8 Å². The molecule has 1 heterocycles. The van der Waals surface area contributed by atoms with Crippen LogP contribution < -0.4 is 9.86 Å². The Bertz CT molecular complexity index is 1360. The lowest BCUT2D eigenvalue weighted by molar-refractivity contribution is -0.147. The molecule has 1 aliphatic carbocycles. The van der Waals surface area contributed by atoms with Crippen molar-refractivity contribution in [2.45, 2.75) is 94.0 Å². The predicted octanol–water partition coefficient (Wildman–Crippen LogP) is 4.15. The summed E-state index contributed by atoms with van der Waals surface area (Å²) >= 11 is 0. The largest absolute Gasteiger partial charge is 0.404 e. The van der Waals surface area contributed by atoms with E-state index >= 15 is 0 Å². The fraction of sp³-hybridized carbons (Fsp3) is 0.583. The van der Waals surface area contributed by atoms with Gasteiger partial charge in [-0.15, -0.1) is 0 Å². The van der Waals surface area contributed by atoms with Crippen LogP contribution in [0, 0.1) is 12.8 Å². The number of benzene rings is 1. The smallest absolute Gasteiger partial charge is 0.386 e. The second-order valence-corrected chi connectivity index (χ2v) is 13.5. The van der Waals surface area contributed by atoms with Crippen molar-refractivity contribution in [3.05, 3.63) is 35.5 Å². The molecular formula is C24H34F3N3O5S2. The maximum atomic E-state index is 13.1. The van der Waals surface area contributed by atoms with Crippen LogP contribution in [0.25, 0.3) is 11.3 Å². The van der Waals surface area contributed by atoms with Gasteiger partial charge in [-0.05, 0) is 70.2 Å². The molecule has 0 saturated heterocycles. The molecule has 13 heteroatoms. The van der Waals surface area contributed by atoms with Crippen molar-refractivity contribution in [1.29, 1.82) is 0 Å². The van der Waals surface area contributed by atoms with E-state index in [0.29, 0.717) is 36.3 Å². The van der Waals surface area contributed by atoms with Crippen molar-refractivity contribution < 1.29 is 35.1 Å². The van der Waals surface area contributed by atoms with E-state index in [2.05, 4.69) is 0 Å². The van der Waals surface area contributed by atoms with Crippen LogP contribution in [0.5, 0.6) is 0 Å². The summed E-state index contributed by atoms with van der Waals surface area (Å²) in [6.45, 7) is 5.50. The lowest BCUT2D eigenvalue weighted by Crippen LogP contribution is -2.43. The van der Waals surface area contributed by atoms with Gasteiger partial charge in [0.2, 0.25) is 20.0 Å². The summed E-state index contributed by atoms with van der Waals surface area (Å²) in [5.74, 6) is 0.313. The maximum absolute atomic E-state index is 13.1. The highest BCUT2D eigenvalue weighted by Gasteiger charge is 2.40. The second kappa shape index (κ2) is 10.3. The molecule has 1 aromatic carbocycles. The number of alkyl halides is 3. The number of aromatic nitrogens is 1. The first-order valence-electron chi connectivity index (χ1n) is 12.0. The van der Waals surface area contributed by atoms with Crippen LogP contribution in [0.3, 0.4) is 0 Å². The number of hydrogen-bond acceptors (Lipinski definition) is 5. The van der Waals surface area contributed by atoms with Crippen LogP contribution in [-0.2, 0) is 32.2 Å². The SMILES string of the molecule is Cc1c(S(N)(=O)=O)cc(-c2ccc(S(=O)(=O)NC(C)C(F)(F)F)c(C(C)(C)O)c2)n1CC1CCCCC1. The third-order valence-electron chi connectivity index (χ3n) is 6.84. The van der Waals surface area contributed by atoms with Gasteiger partial charge in [-0.25, -0.2) is 22.0 Å². The number of nitrogens with one attached hydrogen (secondary N) is 1. The highest BCUT2D eigenvalue weighted by molar-refractivity contribution is 7.89. The molecule has 3 rings (SSSR count). The van der Waals surface area contributed by atoms with Gasteiger partial charge in [0.1, 0.15) is 10.9 Å². The number of primary sulfonamides is 1. The first-order valence-corrected chi connectivity index (χ1v) is 15.0. The summed E-state index contributed by atoms with van der Waals surface area (Å²) in [6, 6.07) is 2.94. The molecule has 1 unspecified atom stereocenters. The first-order chi connectivity index (χ1) is 16.8. The molecule has 1 atom stereocenters. The van der Waals surface area contributed by atoms with E-state index in [9.17, 15) is 35.1 Å². The Hall–Kier alpha value is -1.93. The summed E-state index contributed by atoms with van der Waals surface area (Å²) in [6.07, 6.45) is 0.446. The van der Waals surface area contributed by atoms with Crippen LogP contribution in [-0.4, -0.2) is 38.7 Å². The van der Waals surface area contributed by atoms with Gasteiger partial charge in [-0.1, -0.05) is 25.3 Å². The van der Waals surface area contributed by atoms with Crippen LogP contribution >= 0.6 is 0 Å². The van der Waals surface area contributed by atoms with Crippen LogP contribution in [0.1, 0.15) is 64.1 Å². The summed E-state index contributed by atoms with van der Waals surface area (Å²) < 4.78 is 93.0. The van der Waals surface area contributed by atoms with E-state index in [1.54, 1.807) is 11.6 Å². The molecule has 0 aliphatic heterocycles. The predicted molar refractivity (Wildman–Crippen MR) is 134 cm³/mol. The number of rotatable bonds is 8. The zero-order valence-electron chi connectivity index (χ0n) is 21.3.